The summed E-state index contributed by atoms with van der Waals surface area (Å²) >= 11 is 3.14. The van der Waals surface area contributed by atoms with Crippen LogP contribution in [-0.4, -0.2) is 35.8 Å². The van der Waals surface area contributed by atoms with E-state index in [1.807, 2.05) is 0 Å². The van der Waals surface area contributed by atoms with Crippen molar-refractivity contribution in [1.29, 1.82) is 0 Å². The second-order valence-electron chi connectivity index (χ2n) is 6.74. The standard InChI is InChI=1S/C21H16BrF5N2O5/c22-18-17(10-1-3-11(4-2-10)21(25,26)27)29-20(34-18)14(32-8-7-30)9-33-13-6-5-12(23)15(16(13)24)19(28)31/h1-6,14,30H,7-9H2,(H2,28,31). The molecule has 1 atom stereocenters. The van der Waals surface area contributed by atoms with E-state index < -0.39 is 53.3 Å². The van der Waals surface area contributed by atoms with E-state index in [0.29, 0.717) is 5.56 Å². The smallest absolute Gasteiger partial charge is 0.416 e. The van der Waals surface area contributed by atoms with Crippen LogP contribution >= 0.6 is 15.9 Å². The predicted molar refractivity (Wildman–Crippen MR) is 111 cm³/mol. The molecule has 0 saturated heterocycles. The third-order valence-electron chi connectivity index (χ3n) is 4.47. The molecule has 0 fully saturated rings. The largest absolute Gasteiger partial charge is 0.487 e. The van der Waals surface area contributed by atoms with Crippen LogP contribution in [0.25, 0.3) is 11.3 Å². The van der Waals surface area contributed by atoms with E-state index in [-0.39, 0.29) is 29.5 Å². The van der Waals surface area contributed by atoms with Crippen molar-refractivity contribution in [3.05, 3.63) is 69.7 Å². The third kappa shape index (κ3) is 5.72. The lowest BCUT2D eigenvalue weighted by Gasteiger charge is -2.16. The molecule has 0 aliphatic carbocycles. The number of aromatic nitrogens is 1. The molecule has 0 spiro atoms. The van der Waals surface area contributed by atoms with Crippen LogP contribution < -0.4 is 10.5 Å². The molecule has 1 unspecified atom stereocenters. The number of nitrogens with zero attached hydrogens (tertiary/aromatic N) is 1. The van der Waals surface area contributed by atoms with Crippen LogP contribution in [0.15, 0.2) is 45.5 Å². The highest BCUT2D eigenvalue weighted by Gasteiger charge is 2.30. The van der Waals surface area contributed by atoms with Gasteiger partial charge in [-0.2, -0.15) is 13.2 Å². The number of oxazole rings is 1. The van der Waals surface area contributed by atoms with E-state index in [2.05, 4.69) is 20.9 Å². The Morgan fingerprint density at radius 2 is 1.85 bits per heavy atom. The Kier molecular flexibility index (Phi) is 7.89. The molecule has 7 nitrogen and oxygen atoms in total. The molecule has 34 heavy (non-hydrogen) atoms. The number of hydrogen-bond acceptors (Lipinski definition) is 6. The lowest BCUT2D eigenvalue weighted by Crippen LogP contribution is -2.19. The number of benzene rings is 2. The van der Waals surface area contributed by atoms with E-state index in [0.717, 1.165) is 24.3 Å². The number of alkyl halides is 3. The molecule has 0 bridgehead atoms. The van der Waals surface area contributed by atoms with Crippen LogP contribution in [0.1, 0.15) is 27.9 Å². The highest BCUT2D eigenvalue weighted by atomic mass is 79.9. The number of primary amides is 1. The van der Waals surface area contributed by atoms with Gasteiger partial charge < -0.3 is 24.7 Å². The van der Waals surface area contributed by atoms with Crippen LogP contribution in [0.4, 0.5) is 22.0 Å². The van der Waals surface area contributed by atoms with E-state index in [4.69, 9.17) is 24.7 Å². The van der Waals surface area contributed by atoms with Gasteiger partial charge in [0.15, 0.2) is 22.3 Å². The number of aliphatic hydroxyl groups excluding tert-OH is 1. The number of halogens is 6. The monoisotopic (exact) mass is 550 g/mol. The van der Waals surface area contributed by atoms with Gasteiger partial charge in [-0.25, -0.2) is 13.8 Å². The molecular weight excluding hydrogens is 535 g/mol. The zero-order chi connectivity index (χ0) is 25.0. The lowest BCUT2D eigenvalue weighted by atomic mass is 10.1. The summed E-state index contributed by atoms with van der Waals surface area (Å²) in [6, 6.07) is 5.91. The van der Waals surface area contributed by atoms with Crippen LogP contribution in [0.3, 0.4) is 0 Å². The maximum absolute atomic E-state index is 14.4. The Morgan fingerprint density at radius 3 is 2.44 bits per heavy atom. The summed E-state index contributed by atoms with van der Waals surface area (Å²) in [4.78, 5) is 15.5. The van der Waals surface area contributed by atoms with Gasteiger partial charge in [0, 0.05) is 5.56 Å². The Labute approximate surface area is 197 Å². The molecule has 2 aromatic carbocycles. The molecule has 182 valence electrons. The number of carbonyl (C=O) groups is 1. The van der Waals surface area contributed by atoms with Gasteiger partial charge in [-0.3, -0.25) is 4.79 Å². The number of amides is 1. The zero-order valence-electron chi connectivity index (χ0n) is 17.0. The molecule has 3 aromatic rings. The molecule has 0 radical (unpaired) electrons. The molecule has 1 heterocycles. The quantitative estimate of drug-likeness (QED) is 0.376. The summed E-state index contributed by atoms with van der Waals surface area (Å²) in [7, 11) is 0. The van der Waals surface area contributed by atoms with Gasteiger partial charge in [0.1, 0.15) is 23.7 Å². The topological polar surface area (TPSA) is 108 Å². The number of aliphatic hydroxyl groups is 1. The minimum absolute atomic E-state index is 0.0730. The van der Waals surface area contributed by atoms with Gasteiger partial charge in [0.25, 0.3) is 5.91 Å². The van der Waals surface area contributed by atoms with Crippen LogP contribution in [-0.2, 0) is 10.9 Å². The van der Waals surface area contributed by atoms with Gasteiger partial charge >= 0.3 is 6.18 Å². The first-order valence-corrected chi connectivity index (χ1v) is 10.3. The van der Waals surface area contributed by atoms with Crippen molar-refractivity contribution >= 4 is 21.8 Å². The van der Waals surface area contributed by atoms with Gasteiger partial charge in [0.05, 0.1) is 18.8 Å². The Hall–Kier alpha value is -3.03. The second-order valence-corrected chi connectivity index (χ2v) is 7.46. The van der Waals surface area contributed by atoms with Crippen LogP contribution in [0.2, 0.25) is 0 Å². The van der Waals surface area contributed by atoms with Gasteiger partial charge in [-0.1, -0.05) is 12.1 Å². The van der Waals surface area contributed by atoms with E-state index in [9.17, 15) is 26.7 Å². The molecule has 3 N–H and O–H groups in total. The number of rotatable bonds is 9. The van der Waals surface area contributed by atoms with E-state index >= 15 is 0 Å². The van der Waals surface area contributed by atoms with Gasteiger partial charge in [-0.15, -0.1) is 0 Å². The summed E-state index contributed by atoms with van der Waals surface area (Å²) in [6.07, 6.45) is -5.62. The first kappa shape index (κ1) is 25.6. The molecule has 13 heteroatoms. The van der Waals surface area contributed by atoms with Crippen LogP contribution in [0, 0.1) is 11.6 Å². The van der Waals surface area contributed by atoms with Crippen molar-refractivity contribution in [2.75, 3.05) is 19.8 Å². The maximum Gasteiger partial charge on any atom is 0.416 e. The second kappa shape index (κ2) is 10.5. The average Bonchev–Trinajstić information content (AvgIpc) is 3.15. The Morgan fingerprint density at radius 1 is 1.18 bits per heavy atom. The van der Waals surface area contributed by atoms with E-state index in [1.54, 1.807) is 0 Å². The summed E-state index contributed by atoms with van der Waals surface area (Å²) < 4.78 is 82.8. The first-order chi connectivity index (χ1) is 16.0. The normalized spacial score (nSPS) is 12.6. The van der Waals surface area contributed by atoms with Crippen molar-refractivity contribution in [3.8, 4) is 17.0 Å². The van der Waals surface area contributed by atoms with Gasteiger partial charge in [-0.05, 0) is 40.2 Å². The van der Waals surface area contributed by atoms with Gasteiger partial charge in [0.2, 0.25) is 5.89 Å². The minimum Gasteiger partial charge on any atom is -0.487 e. The Bertz CT molecular complexity index is 1170. The average molecular weight is 551 g/mol. The first-order valence-electron chi connectivity index (χ1n) is 9.49. The minimum atomic E-state index is -4.50. The molecule has 0 saturated carbocycles. The highest BCUT2D eigenvalue weighted by Crippen LogP contribution is 2.35. The van der Waals surface area contributed by atoms with Crippen LogP contribution in [0.5, 0.6) is 5.75 Å². The molecule has 1 aromatic heterocycles. The fourth-order valence-corrected chi connectivity index (χ4v) is 3.36. The number of carbonyl (C=O) groups excluding carboxylic acids is 1. The molecule has 0 aliphatic rings. The zero-order valence-corrected chi connectivity index (χ0v) is 18.6. The number of hydrogen-bond donors (Lipinski definition) is 2. The molecular formula is C21H16BrF5N2O5. The summed E-state index contributed by atoms with van der Waals surface area (Å²) in [5.74, 6) is -4.41. The maximum atomic E-state index is 14.4. The summed E-state index contributed by atoms with van der Waals surface area (Å²) in [5.41, 5.74) is 3.62. The highest BCUT2D eigenvalue weighted by molar-refractivity contribution is 9.10. The third-order valence-corrected chi connectivity index (χ3v) is 5.00. The number of nitrogens with two attached hydrogens (primary N) is 1. The van der Waals surface area contributed by atoms with Crippen molar-refractivity contribution in [1.82, 2.24) is 4.98 Å². The fourth-order valence-electron chi connectivity index (χ4n) is 2.87. The van der Waals surface area contributed by atoms with Crippen molar-refractivity contribution in [3.63, 3.8) is 0 Å². The SMILES string of the molecule is NC(=O)c1c(F)ccc(OCC(OCCO)c2nc(-c3ccc(C(F)(F)F)cc3)c(Br)o2)c1F. The predicted octanol–water partition coefficient (Wildman–Crippen LogP) is 4.63. The summed E-state index contributed by atoms with van der Waals surface area (Å²) in [6.45, 7) is -1.02. The van der Waals surface area contributed by atoms with Crippen molar-refractivity contribution < 1.29 is 45.7 Å². The van der Waals surface area contributed by atoms with E-state index in [1.165, 1.54) is 12.1 Å². The van der Waals surface area contributed by atoms with Crippen molar-refractivity contribution in [2.24, 2.45) is 5.73 Å². The number of ether oxygens (including phenoxy) is 2. The molecule has 0 aliphatic heterocycles. The Balaban J connectivity index is 1.85. The molecule has 3 rings (SSSR count). The molecule has 1 amide bonds. The summed E-state index contributed by atoms with van der Waals surface area (Å²) in [5, 5.41) is 9.08. The fraction of sp³-hybridized carbons (Fsp3) is 0.238. The lowest BCUT2D eigenvalue weighted by molar-refractivity contribution is -0.137. The van der Waals surface area contributed by atoms with Crippen molar-refractivity contribution in [2.45, 2.75) is 12.3 Å².